The number of phenols is 3. The Morgan fingerprint density at radius 3 is 2.25 bits per heavy atom. The normalized spacial score (nSPS) is 24.6. The lowest BCUT2D eigenvalue weighted by Crippen LogP contribution is -2.61. The summed E-state index contributed by atoms with van der Waals surface area (Å²) in [7, 11) is -5.19. The second-order valence-electron chi connectivity index (χ2n) is 7.79. The third kappa shape index (κ3) is 4.93. The van der Waals surface area contributed by atoms with Gasteiger partial charge in [-0.3, -0.25) is 9.35 Å². The van der Waals surface area contributed by atoms with Crippen LogP contribution in [0.3, 0.4) is 0 Å². The number of ether oxygens (including phenoxy) is 2. The first-order valence-electron chi connectivity index (χ1n) is 10.2. The highest BCUT2D eigenvalue weighted by Gasteiger charge is 2.49. The first-order chi connectivity index (χ1) is 16.9. The summed E-state index contributed by atoms with van der Waals surface area (Å²) in [5.74, 6) is -2.22. The number of aliphatic hydroxyl groups excluding tert-OH is 3. The molecule has 1 saturated heterocycles. The fourth-order valence-corrected chi connectivity index (χ4v) is 4.21. The van der Waals surface area contributed by atoms with Crippen molar-refractivity contribution in [3.63, 3.8) is 0 Å². The van der Waals surface area contributed by atoms with Crippen molar-refractivity contribution in [3.8, 4) is 34.3 Å². The minimum atomic E-state index is -5.19. The molecule has 1 aliphatic rings. The molecule has 3 aromatic rings. The van der Waals surface area contributed by atoms with Crippen LogP contribution in [0, 0.1) is 0 Å². The molecule has 5 atom stereocenters. The van der Waals surface area contributed by atoms with Gasteiger partial charge < -0.3 is 44.5 Å². The molecule has 0 radical (unpaired) electrons. The highest BCUT2D eigenvalue weighted by atomic mass is 32.3. The van der Waals surface area contributed by atoms with Gasteiger partial charge in [0.05, 0.1) is 6.61 Å². The van der Waals surface area contributed by atoms with Crippen molar-refractivity contribution < 1.29 is 61.7 Å². The molecule has 0 amide bonds. The van der Waals surface area contributed by atoms with Crippen molar-refractivity contribution in [3.05, 3.63) is 46.6 Å². The molecule has 0 spiro atoms. The minimum absolute atomic E-state index is 0.129. The largest absolute Gasteiger partial charge is 0.508 e. The van der Waals surface area contributed by atoms with E-state index in [0.717, 1.165) is 12.1 Å². The van der Waals surface area contributed by atoms with Crippen molar-refractivity contribution in [1.82, 2.24) is 0 Å². The van der Waals surface area contributed by atoms with Gasteiger partial charge in [-0.1, -0.05) is 0 Å². The van der Waals surface area contributed by atoms with Gasteiger partial charge in [0.15, 0.2) is 5.76 Å². The van der Waals surface area contributed by atoms with Crippen LogP contribution in [0.2, 0.25) is 0 Å². The first-order valence-corrected chi connectivity index (χ1v) is 11.5. The van der Waals surface area contributed by atoms with Crippen LogP contribution in [0.4, 0.5) is 0 Å². The predicted molar refractivity (Wildman–Crippen MR) is 118 cm³/mol. The smallest absolute Gasteiger partial charge is 0.397 e. The van der Waals surface area contributed by atoms with Gasteiger partial charge in [-0.2, -0.15) is 8.42 Å². The summed E-state index contributed by atoms with van der Waals surface area (Å²) >= 11 is 0. The van der Waals surface area contributed by atoms with Crippen molar-refractivity contribution >= 4 is 21.4 Å². The minimum Gasteiger partial charge on any atom is -0.508 e. The van der Waals surface area contributed by atoms with E-state index < -0.39 is 75.8 Å². The Bertz CT molecular complexity index is 1430. The van der Waals surface area contributed by atoms with Gasteiger partial charge in [-0.25, -0.2) is 4.18 Å². The molecule has 15 heteroatoms. The second kappa shape index (κ2) is 9.55. The van der Waals surface area contributed by atoms with Crippen LogP contribution in [0.25, 0.3) is 22.3 Å². The molecule has 4 rings (SSSR count). The lowest BCUT2D eigenvalue weighted by Gasteiger charge is -2.40. The number of aromatic hydroxyl groups is 3. The van der Waals surface area contributed by atoms with E-state index in [4.69, 9.17) is 18.4 Å². The topological polar surface area (TPSA) is 234 Å². The zero-order valence-corrected chi connectivity index (χ0v) is 18.8. The summed E-state index contributed by atoms with van der Waals surface area (Å²) in [4.78, 5) is 13.3. The number of benzene rings is 2. The van der Waals surface area contributed by atoms with E-state index >= 15 is 0 Å². The Balaban J connectivity index is 1.86. The molecule has 1 aliphatic heterocycles. The lowest BCUT2D eigenvalue weighted by molar-refractivity contribution is -0.272. The molecule has 7 N–H and O–H groups in total. The van der Waals surface area contributed by atoms with Crippen molar-refractivity contribution in [2.24, 2.45) is 0 Å². The number of phenolic OH excluding ortho intramolecular Hbond substituents is 3. The van der Waals surface area contributed by atoms with E-state index in [1.165, 1.54) is 24.3 Å². The molecule has 0 bridgehead atoms. The van der Waals surface area contributed by atoms with Crippen molar-refractivity contribution in [2.45, 2.75) is 30.7 Å². The quantitative estimate of drug-likeness (QED) is 0.201. The SMILES string of the molecule is O=c1c(OC2OC(CO)C(O)C(OS(=O)(=O)O)C2O)c(-c2ccc(O)cc2)oc2cc(O)cc(O)c12. The Morgan fingerprint density at radius 1 is 0.972 bits per heavy atom. The van der Waals surface area contributed by atoms with E-state index in [-0.39, 0.29) is 22.7 Å². The molecule has 14 nitrogen and oxygen atoms in total. The summed E-state index contributed by atoms with van der Waals surface area (Å²) in [6.07, 6.45) is -9.71. The summed E-state index contributed by atoms with van der Waals surface area (Å²) in [5.41, 5.74) is -1.11. The lowest BCUT2D eigenvalue weighted by atomic mass is 9.99. The number of aliphatic hydroxyl groups is 3. The highest BCUT2D eigenvalue weighted by Crippen LogP contribution is 2.37. The Labute approximate surface area is 201 Å². The van der Waals surface area contributed by atoms with Crippen LogP contribution in [0.1, 0.15) is 0 Å². The van der Waals surface area contributed by atoms with E-state index in [2.05, 4.69) is 4.18 Å². The van der Waals surface area contributed by atoms with Gasteiger partial charge >= 0.3 is 10.4 Å². The van der Waals surface area contributed by atoms with E-state index in [0.29, 0.717) is 0 Å². The van der Waals surface area contributed by atoms with E-state index in [1.807, 2.05) is 0 Å². The maximum atomic E-state index is 13.3. The first kappa shape index (κ1) is 25.6. The standard InChI is InChI=1S/C21H20O14S/c22-7-13-15(26)19(35-36(29,30)31)17(28)21(33-13)34-20-16(27)14-11(25)5-10(24)6-12(14)32-18(20)8-1-3-9(23)4-2-8/h1-6,13,15,17,19,21-26,28H,7H2,(H,29,30,31). The van der Waals surface area contributed by atoms with E-state index in [1.54, 1.807) is 0 Å². The van der Waals surface area contributed by atoms with Crippen LogP contribution in [-0.2, 0) is 19.3 Å². The van der Waals surface area contributed by atoms with Crippen molar-refractivity contribution in [2.75, 3.05) is 6.61 Å². The number of rotatable bonds is 6. The molecule has 0 saturated carbocycles. The molecule has 1 fully saturated rings. The molecular weight excluding hydrogens is 508 g/mol. The maximum absolute atomic E-state index is 13.3. The zero-order chi connectivity index (χ0) is 26.4. The average Bonchev–Trinajstić information content (AvgIpc) is 2.79. The molecule has 2 aromatic carbocycles. The Hall–Kier alpha value is -3.44. The third-order valence-electron chi connectivity index (χ3n) is 5.34. The summed E-state index contributed by atoms with van der Waals surface area (Å²) in [6, 6.07) is 7.08. The highest BCUT2D eigenvalue weighted by molar-refractivity contribution is 7.80. The second-order valence-corrected chi connectivity index (χ2v) is 8.84. The zero-order valence-electron chi connectivity index (χ0n) is 18.0. The van der Waals surface area contributed by atoms with Gasteiger partial charge in [0.25, 0.3) is 0 Å². The van der Waals surface area contributed by atoms with Crippen LogP contribution in [-0.4, -0.2) is 80.9 Å². The summed E-state index contributed by atoms with van der Waals surface area (Å²) in [6.45, 7) is -0.906. The molecule has 36 heavy (non-hydrogen) atoms. The average molecular weight is 528 g/mol. The Morgan fingerprint density at radius 2 is 1.64 bits per heavy atom. The van der Waals surface area contributed by atoms with Gasteiger partial charge in [0.2, 0.25) is 17.5 Å². The van der Waals surface area contributed by atoms with Crippen LogP contribution in [0.15, 0.2) is 45.6 Å². The Kier molecular flexibility index (Phi) is 6.80. The van der Waals surface area contributed by atoms with E-state index in [9.17, 15) is 43.9 Å². The molecular formula is C21H20O14S. The number of hydrogen-bond acceptors (Lipinski definition) is 13. The monoisotopic (exact) mass is 528 g/mol. The molecule has 194 valence electrons. The van der Waals surface area contributed by atoms with Crippen LogP contribution >= 0.6 is 0 Å². The van der Waals surface area contributed by atoms with Gasteiger partial charge in [-0.15, -0.1) is 0 Å². The fraction of sp³-hybridized carbons (Fsp3) is 0.286. The molecule has 0 aliphatic carbocycles. The van der Waals surface area contributed by atoms with Gasteiger partial charge in [-0.05, 0) is 24.3 Å². The maximum Gasteiger partial charge on any atom is 0.397 e. The number of fused-ring (bicyclic) bond motifs is 1. The van der Waals surface area contributed by atoms with Gasteiger partial charge in [0.1, 0.15) is 52.6 Å². The fourth-order valence-electron chi connectivity index (χ4n) is 3.70. The summed E-state index contributed by atoms with van der Waals surface area (Å²) in [5, 5.41) is 59.5. The molecule has 1 aromatic heterocycles. The van der Waals surface area contributed by atoms with Crippen LogP contribution < -0.4 is 10.2 Å². The third-order valence-corrected chi connectivity index (χ3v) is 5.80. The van der Waals surface area contributed by atoms with Gasteiger partial charge in [0, 0.05) is 17.7 Å². The predicted octanol–water partition coefficient (Wildman–Crippen LogP) is -0.417. The molecule has 2 heterocycles. The molecule has 5 unspecified atom stereocenters. The van der Waals surface area contributed by atoms with Crippen molar-refractivity contribution in [1.29, 1.82) is 0 Å². The number of hydrogen-bond donors (Lipinski definition) is 7. The summed E-state index contributed by atoms with van der Waals surface area (Å²) < 4.78 is 52.3. The van der Waals surface area contributed by atoms with Crippen LogP contribution in [0.5, 0.6) is 23.0 Å².